The smallest absolute Gasteiger partial charge is 0.312 e. The minimum Gasteiger partial charge on any atom is -0.452 e. The molecule has 7 nitrogen and oxygen atoms in total. The summed E-state index contributed by atoms with van der Waals surface area (Å²) in [4.78, 5) is 36.6. The van der Waals surface area contributed by atoms with E-state index in [-0.39, 0.29) is 23.9 Å². The number of carbonyl (C=O) groups excluding carboxylic acids is 2. The van der Waals surface area contributed by atoms with Crippen molar-refractivity contribution < 1.29 is 14.3 Å². The molecule has 1 fully saturated rings. The molecule has 0 bridgehead atoms. The summed E-state index contributed by atoms with van der Waals surface area (Å²) >= 11 is 0. The van der Waals surface area contributed by atoms with E-state index < -0.39 is 12.1 Å². The minimum absolute atomic E-state index is 0.113. The highest BCUT2D eigenvalue weighted by Gasteiger charge is 2.30. The topological polar surface area (TPSA) is 101 Å². The molecule has 1 amide bonds. The van der Waals surface area contributed by atoms with Gasteiger partial charge in [0.25, 0.3) is 11.5 Å². The van der Waals surface area contributed by atoms with Gasteiger partial charge < -0.3 is 10.1 Å². The average molecular weight is 385 g/mol. The number of aromatic nitrogens is 2. The van der Waals surface area contributed by atoms with E-state index in [1.807, 2.05) is 0 Å². The largest absolute Gasteiger partial charge is 0.452 e. The van der Waals surface area contributed by atoms with E-state index in [1.165, 1.54) is 6.42 Å². The Morgan fingerprint density at radius 2 is 1.96 bits per heavy atom. The van der Waals surface area contributed by atoms with Crippen molar-refractivity contribution in [2.24, 2.45) is 11.8 Å². The maximum atomic E-state index is 12.5. The third-order valence-corrected chi connectivity index (χ3v) is 5.80. The predicted octanol–water partition coefficient (Wildman–Crippen LogP) is 2.34. The summed E-state index contributed by atoms with van der Waals surface area (Å²) < 4.78 is 5.32. The normalized spacial score (nSPS) is 23.2. The van der Waals surface area contributed by atoms with Crippen LogP contribution >= 0.6 is 0 Å². The zero-order valence-electron chi connectivity index (χ0n) is 16.5. The summed E-state index contributed by atoms with van der Waals surface area (Å²) in [5.74, 6) is 0.129. The Hall–Kier alpha value is -2.70. The van der Waals surface area contributed by atoms with Gasteiger partial charge in [0.1, 0.15) is 0 Å². The first kappa shape index (κ1) is 20.0. The molecule has 3 rings (SSSR count). The van der Waals surface area contributed by atoms with Gasteiger partial charge in [0.15, 0.2) is 6.10 Å². The lowest BCUT2D eigenvalue weighted by molar-refractivity contribution is -0.154. The molecule has 1 aliphatic rings. The number of carbonyl (C=O) groups is 2. The molecule has 0 unspecified atom stereocenters. The van der Waals surface area contributed by atoms with Crippen molar-refractivity contribution in [1.29, 1.82) is 0 Å². The Morgan fingerprint density at radius 3 is 2.71 bits per heavy atom. The van der Waals surface area contributed by atoms with E-state index >= 15 is 0 Å². The number of nitrogens with zero attached hydrogens (tertiary/aromatic N) is 1. The number of hydrogen-bond donors (Lipinski definition) is 2. The lowest BCUT2D eigenvalue weighted by Gasteiger charge is -2.35. The highest BCUT2D eigenvalue weighted by atomic mass is 16.5. The van der Waals surface area contributed by atoms with Gasteiger partial charge in [-0.05, 0) is 31.2 Å². The maximum absolute atomic E-state index is 12.5. The molecule has 2 aromatic rings. The lowest BCUT2D eigenvalue weighted by Crippen LogP contribution is -2.47. The fourth-order valence-corrected chi connectivity index (χ4v) is 3.82. The number of ether oxygens (including phenoxy) is 1. The molecule has 1 aromatic carbocycles. The Balaban J connectivity index is 1.61. The number of H-pyrrole nitrogens is 1. The molecule has 1 aromatic heterocycles. The van der Waals surface area contributed by atoms with E-state index in [1.54, 1.807) is 31.2 Å². The number of fused-ring (bicyclic) bond motifs is 1. The molecular weight excluding hydrogens is 358 g/mol. The second-order valence-corrected chi connectivity index (χ2v) is 7.74. The number of esters is 1. The van der Waals surface area contributed by atoms with Crippen LogP contribution in [0.5, 0.6) is 0 Å². The molecule has 2 N–H and O–H groups in total. The number of amides is 1. The van der Waals surface area contributed by atoms with E-state index in [9.17, 15) is 14.4 Å². The van der Waals surface area contributed by atoms with Crippen molar-refractivity contribution in [1.82, 2.24) is 15.5 Å². The van der Waals surface area contributed by atoms with Crippen LogP contribution in [0.3, 0.4) is 0 Å². The molecule has 4 atom stereocenters. The van der Waals surface area contributed by atoms with Crippen LogP contribution in [0.25, 0.3) is 10.8 Å². The first-order chi connectivity index (χ1) is 13.4. The third kappa shape index (κ3) is 4.40. The fraction of sp³-hybridized carbons (Fsp3) is 0.524. The summed E-state index contributed by atoms with van der Waals surface area (Å²) in [5, 5.41) is 10.5. The quantitative estimate of drug-likeness (QED) is 0.770. The van der Waals surface area contributed by atoms with Crippen LogP contribution in [-0.2, 0) is 20.7 Å². The Morgan fingerprint density at radius 1 is 1.25 bits per heavy atom. The van der Waals surface area contributed by atoms with E-state index in [0.717, 1.165) is 12.8 Å². The summed E-state index contributed by atoms with van der Waals surface area (Å²) in [6.07, 6.45) is 2.22. The van der Waals surface area contributed by atoms with Gasteiger partial charge in [-0.15, -0.1) is 0 Å². The molecule has 150 valence electrons. The van der Waals surface area contributed by atoms with Crippen LogP contribution in [-0.4, -0.2) is 34.2 Å². The van der Waals surface area contributed by atoms with Crippen molar-refractivity contribution in [3.8, 4) is 0 Å². The van der Waals surface area contributed by atoms with Gasteiger partial charge in [0, 0.05) is 11.4 Å². The Labute approximate surface area is 163 Å². The van der Waals surface area contributed by atoms with E-state index in [2.05, 4.69) is 29.4 Å². The molecule has 0 radical (unpaired) electrons. The van der Waals surface area contributed by atoms with E-state index in [4.69, 9.17) is 4.74 Å². The maximum Gasteiger partial charge on any atom is 0.312 e. The van der Waals surface area contributed by atoms with Crippen molar-refractivity contribution in [2.45, 2.75) is 58.6 Å². The molecular formula is C21H27N3O4. The van der Waals surface area contributed by atoms with Crippen molar-refractivity contribution in [3.63, 3.8) is 0 Å². The predicted molar refractivity (Wildman–Crippen MR) is 106 cm³/mol. The van der Waals surface area contributed by atoms with Crippen LogP contribution in [0.2, 0.25) is 0 Å². The molecule has 0 spiro atoms. The molecule has 28 heavy (non-hydrogen) atoms. The van der Waals surface area contributed by atoms with Gasteiger partial charge in [-0.1, -0.05) is 44.9 Å². The molecule has 1 heterocycles. The molecule has 0 aliphatic heterocycles. The second-order valence-electron chi connectivity index (χ2n) is 7.74. The molecule has 1 saturated carbocycles. The first-order valence-corrected chi connectivity index (χ1v) is 9.83. The van der Waals surface area contributed by atoms with Crippen LogP contribution in [0.15, 0.2) is 29.1 Å². The third-order valence-electron chi connectivity index (χ3n) is 5.80. The Bertz CT molecular complexity index is 923. The van der Waals surface area contributed by atoms with E-state index in [0.29, 0.717) is 28.3 Å². The van der Waals surface area contributed by atoms with Crippen LogP contribution in [0, 0.1) is 11.8 Å². The van der Waals surface area contributed by atoms with Crippen molar-refractivity contribution >= 4 is 22.6 Å². The van der Waals surface area contributed by atoms with Gasteiger partial charge >= 0.3 is 5.97 Å². The van der Waals surface area contributed by atoms with Gasteiger partial charge in [-0.2, -0.15) is 5.10 Å². The molecule has 0 saturated heterocycles. The number of rotatable bonds is 5. The summed E-state index contributed by atoms with van der Waals surface area (Å²) in [6.45, 7) is 5.93. The number of hydrogen-bond acceptors (Lipinski definition) is 5. The zero-order valence-corrected chi connectivity index (χ0v) is 16.5. The fourth-order valence-electron chi connectivity index (χ4n) is 3.82. The highest BCUT2D eigenvalue weighted by Crippen LogP contribution is 2.29. The van der Waals surface area contributed by atoms with Crippen molar-refractivity contribution in [2.75, 3.05) is 0 Å². The highest BCUT2D eigenvalue weighted by molar-refractivity contribution is 5.88. The van der Waals surface area contributed by atoms with Crippen LogP contribution in [0.1, 0.15) is 45.7 Å². The van der Waals surface area contributed by atoms with Gasteiger partial charge in [0.05, 0.1) is 17.5 Å². The average Bonchev–Trinajstić information content (AvgIpc) is 2.67. The first-order valence-electron chi connectivity index (χ1n) is 9.83. The zero-order chi connectivity index (χ0) is 20.3. The van der Waals surface area contributed by atoms with Gasteiger partial charge in [-0.3, -0.25) is 14.4 Å². The van der Waals surface area contributed by atoms with Gasteiger partial charge in [0.2, 0.25) is 0 Å². The summed E-state index contributed by atoms with van der Waals surface area (Å²) in [6, 6.07) is 7.05. The molecule has 7 heteroatoms. The van der Waals surface area contributed by atoms with Gasteiger partial charge in [-0.25, -0.2) is 5.10 Å². The second kappa shape index (κ2) is 8.54. The van der Waals surface area contributed by atoms with Crippen LogP contribution < -0.4 is 10.9 Å². The lowest BCUT2D eigenvalue weighted by atomic mass is 9.78. The van der Waals surface area contributed by atoms with Crippen LogP contribution in [0.4, 0.5) is 0 Å². The summed E-state index contributed by atoms with van der Waals surface area (Å²) in [7, 11) is 0. The number of nitrogens with one attached hydrogen (secondary N) is 2. The number of benzene rings is 1. The monoisotopic (exact) mass is 385 g/mol. The Kier molecular flexibility index (Phi) is 6.11. The van der Waals surface area contributed by atoms with Crippen molar-refractivity contribution in [3.05, 3.63) is 40.3 Å². The SMILES string of the molecule is C[C@@H]1[C@H](C)CCC[C@@H]1NC(=O)[C@@H](C)OC(=O)Cc1n[nH]c(=O)c2ccccc12. The number of aromatic amines is 1. The summed E-state index contributed by atoms with van der Waals surface area (Å²) in [5.41, 5.74) is 0.110. The molecule has 1 aliphatic carbocycles. The standard InChI is InChI=1S/C21H27N3O4/c1-12-7-6-10-17(13(12)2)22-20(26)14(3)28-19(25)11-18-15-8-4-5-9-16(15)21(27)24-23-18/h4-5,8-9,12-14,17H,6-7,10-11H2,1-3H3,(H,22,26)(H,24,27)/t12-,13-,14-,17+/m1/s1. The minimum atomic E-state index is -0.883.